The molecule has 0 atom stereocenters. The molecule has 1 aliphatic heterocycles. The summed E-state index contributed by atoms with van der Waals surface area (Å²) in [7, 11) is 0. The molecule has 2 heteroatoms. The molecule has 24 heavy (non-hydrogen) atoms. The quantitative estimate of drug-likeness (QED) is 0.548. The van der Waals surface area contributed by atoms with Gasteiger partial charge in [0.25, 0.3) is 0 Å². The van der Waals surface area contributed by atoms with Crippen molar-refractivity contribution in [2.24, 2.45) is 5.41 Å². The van der Waals surface area contributed by atoms with E-state index in [0.29, 0.717) is 5.41 Å². The molecule has 2 aromatic carbocycles. The Bertz CT molecular complexity index is 664. The van der Waals surface area contributed by atoms with Crippen molar-refractivity contribution in [2.75, 3.05) is 0 Å². The number of hydrogen-bond acceptors (Lipinski definition) is 1. The first-order valence-corrected chi connectivity index (χ1v) is 12.3. The summed E-state index contributed by atoms with van der Waals surface area (Å²) in [4.78, 5) is 2.70. The van der Waals surface area contributed by atoms with Gasteiger partial charge in [-0.1, -0.05) is 0 Å². The molecule has 0 saturated carbocycles. The molecule has 1 nitrogen and oxygen atoms in total. The number of nitrogens with zero attached hydrogens (tertiary/aromatic N) is 1. The molecule has 0 aliphatic carbocycles. The summed E-state index contributed by atoms with van der Waals surface area (Å²) in [6.45, 7) is 14.1. The van der Waals surface area contributed by atoms with E-state index < -0.39 is 23.2 Å². The molecule has 0 saturated heterocycles. The van der Waals surface area contributed by atoms with Gasteiger partial charge in [-0.05, 0) is 0 Å². The molecule has 0 bridgehead atoms. The summed E-state index contributed by atoms with van der Waals surface area (Å²) in [5.74, 6) is 0. The fourth-order valence-corrected chi connectivity index (χ4v) is 8.45. The molecule has 0 N–H and O–H groups in total. The average Bonchev–Trinajstić information content (AvgIpc) is 2.44. The van der Waals surface area contributed by atoms with Gasteiger partial charge in [-0.3, -0.25) is 0 Å². The van der Waals surface area contributed by atoms with Crippen LogP contribution >= 0.6 is 0 Å². The molecule has 3 rings (SSSR count). The predicted octanol–water partition coefficient (Wildman–Crippen LogP) is 3.87. The second kappa shape index (κ2) is 6.89. The Morgan fingerprint density at radius 1 is 0.792 bits per heavy atom. The Balaban J connectivity index is 2.02. The van der Waals surface area contributed by atoms with Gasteiger partial charge in [-0.25, -0.2) is 0 Å². The van der Waals surface area contributed by atoms with Crippen LogP contribution in [0.15, 0.2) is 48.5 Å². The molecule has 1 aliphatic rings. The van der Waals surface area contributed by atoms with Gasteiger partial charge in [-0.15, -0.1) is 0 Å². The summed E-state index contributed by atoms with van der Waals surface area (Å²) in [6.07, 6.45) is 1.20. The minimum absolute atomic E-state index is 0.183. The third kappa shape index (κ3) is 4.27. The van der Waals surface area contributed by atoms with E-state index in [-0.39, 0.29) is 5.54 Å². The second-order valence-electron chi connectivity index (χ2n) is 8.78. The van der Waals surface area contributed by atoms with Crippen LogP contribution in [0.25, 0.3) is 0 Å². The van der Waals surface area contributed by atoms with Crippen LogP contribution in [0, 0.1) is 5.41 Å². The Kier molecular flexibility index (Phi) is 5.19. The second-order valence-corrected chi connectivity index (χ2v) is 13.4. The van der Waals surface area contributed by atoms with E-state index in [1.165, 1.54) is 6.42 Å². The number of hydrogen-bond donors (Lipinski definition) is 0. The van der Waals surface area contributed by atoms with Crippen molar-refractivity contribution in [2.45, 2.75) is 59.7 Å². The van der Waals surface area contributed by atoms with Crippen molar-refractivity contribution < 1.29 is 0 Å². The van der Waals surface area contributed by atoms with Crippen LogP contribution in [0.5, 0.6) is 0 Å². The van der Waals surface area contributed by atoms with Crippen LogP contribution < -0.4 is 6.54 Å². The summed E-state index contributed by atoms with van der Waals surface area (Å²) in [6, 6.07) is 18.3. The summed E-state index contributed by atoms with van der Waals surface area (Å²) in [5.41, 5.74) is 3.64. The van der Waals surface area contributed by atoms with Crippen molar-refractivity contribution in [3.05, 3.63) is 59.7 Å². The number of benzene rings is 2. The van der Waals surface area contributed by atoms with E-state index in [4.69, 9.17) is 0 Å². The van der Waals surface area contributed by atoms with Gasteiger partial charge >= 0.3 is 159 Å². The zero-order chi connectivity index (χ0) is 17.4. The normalized spacial score (nSPS) is 16.0. The van der Waals surface area contributed by atoms with E-state index in [1.807, 2.05) is 0 Å². The molecular formula is C22H29BiN. The molecule has 127 valence electrons. The van der Waals surface area contributed by atoms with E-state index in [0.717, 1.165) is 13.1 Å². The van der Waals surface area contributed by atoms with Gasteiger partial charge in [-0.2, -0.15) is 0 Å². The summed E-state index contributed by atoms with van der Waals surface area (Å²) >= 11 is -0.809. The molecule has 0 amide bonds. The molecule has 0 unspecified atom stereocenters. The fourth-order valence-electron chi connectivity index (χ4n) is 3.94. The van der Waals surface area contributed by atoms with Crippen molar-refractivity contribution in [1.29, 1.82) is 0 Å². The van der Waals surface area contributed by atoms with E-state index in [9.17, 15) is 0 Å². The SMILES string of the molecule is CC(C)(C)CC(C)(C)N1Cc2cccc[c]2[Bi][c]2ccccc2C1. The van der Waals surface area contributed by atoms with Gasteiger partial charge in [0.05, 0.1) is 0 Å². The molecule has 2 aromatic rings. The van der Waals surface area contributed by atoms with Crippen LogP contribution in [0.1, 0.15) is 52.2 Å². The van der Waals surface area contributed by atoms with Crippen molar-refractivity contribution in [1.82, 2.24) is 4.90 Å². The zero-order valence-corrected chi connectivity index (χ0v) is 19.1. The van der Waals surface area contributed by atoms with Crippen LogP contribution in [0.2, 0.25) is 0 Å². The van der Waals surface area contributed by atoms with Gasteiger partial charge in [0.2, 0.25) is 0 Å². The molecule has 0 spiro atoms. The van der Waals surface area contributed by atoms with Crippen LogP contribution in [0.4, 0.5) is 0 Å². The van der Waals surface area contributed by atoms with E-state index >= 15 is 0 Å². The minimum atomic E-state index is -0.809. The first kappa shape index (κ1) is 18.1. The van der Waals surface area contributed by atoms with Crippen molar-refractivity contribution in [3.8, 4) is 0 Å². The molecule has 0 fully saturated rings. The predicted molar refractivity (Wildman–Crippen MR) is 105 cm³/mol. The molecule has 1 heterocycles. The van der Waals surface area contributed by atoms with Gasteiger partial charge in [0, 0.05) is 0 Å². The molecule has 0 aromatic heterocycles. The Hall–Kier alpha value is -0.717. The zero-order valence-electron chi connectivity index (χ0n) is 15.6. The third-order valence-electron chi connectivity index (χ3n) is 4.77. The summed E-state index contributed by atoms with van der Waals surface area (Å²) in [5, 5.41) is 0. The standard InChI is InChI=1S/C22H29N.Bi/c1-21(2,3)18-22(4,5)23(16-19-12-8-6-9-13-19)17-20-14-10-7-11-15-20;/h6-12,14H,16-18H2,1-5H3;. The average molecular weight is 516 g/mol. The Morgan fingerprint density at radius 2 is 1.25 bits per heavy atom. The number of fused-ring (bicyclic) bond motifs is 2. The maximum absolute atomic E-state index is 2.70. The number of rotatable bonds is 2. The van der Waals surface area contributed by atoms with Crippen LogP contribution in [-0.2, 0) is 13.1 Å². The monoisotopic (exact) mass is 516 g/mol. The molecule has 1 radical (unpaired) electrons. The molecular weight excluding hydrogens is 487 g/mol. The van der Waals surface area contributed by atoms with Crippen LogP contribution in [-0.4, -0.2) is 33.7 Å². The van der Waals surface area contributed by atoms with Gasteiger partial charge in [0.15, 0.2) is 0 Å². The van der Waals surface area contributed by atoms with Crippen molar-refractivity contribution >= 4 is 29.8 Å². The van der Waals surface area contributed by atoms with Crippen LogP contribution in [0.3, 0.4) is 0 Å². The topological polar surface area (TPSA) is 3.24 Å². The third-order valence-corrected chi connectivity index (χ3v) is 10.0. The maximum atomic E-state index is 2.70. The van der Waals surface area contributed by atoms with E-state index in [1.54, 1.807) is 17.7 Å². The first-order valence-electron chi connectivity index (χ1n) is 8.87. The van der Waals surface area contributed by atoms with Gasteiger partial charge in [0.1, 0.15) is 0 Å². The van der Waals surface area contributed by atoms with E-state index in [2.05, 4.69) is 88.0 Å². The first-order chi connectivity index (χ1) is 11.2. The Morgan fingerprint density at radius 3 is 1.71 bits per heavy atom. The summed E-state index contributed by atoms with van der Waals surface area (Å²) < 4.78 is 3.31. The fraction of sp³-hybridized carbons (Fsp3) is 0.455. The van der Waals surface area contributed by atoms with Gasteiger partial charge < -0.3 is 0 Å². The Labute approximate surface area is 159 Å². The van der Waals surface area contributed by atoms with Crippen molar-refractivity contribution in [3.63, 3.8) is 0 Å².